The normalized spacial score (nSPS) is 11.2. The molecule has 0 saturated carbocycles. The number of carbonyl (C=O) groups is 1. The van der Waals surface area contributed by atoms with E-state index >= 15 is 0 Å². The van der Waals surface area contributed by atoms with E-state index in [1.807, 2.05) is 24.3 Å². The third kappa shape index (κ3) is 3.99. The lowest BCUT2D eigenvalue weighted by atomic mass is 10.1. The smallest absolute Gasteiger partial charge is 0.339 e. The highest BCUT2D eigenvalue weighted by Crippen LogP contribution is 2.18. The van der Waals surface area contributed by atoms with Gasteiger partial charge in [-0.2, -0.15) is 0 Å². The Morgan fingerprint density at radius 2 is 1.95 bits per heavy atom. The number of hydrogen-bond acceptors (Lipinski definition) is 4. The van der Waals surface area contributed by atoms with Gasteiger partial charge in [-0.25, -0.2) is 4.79 Å². The Hall–Kier alpha value is -1.99. The van der Waals surface area contributed by atoms with Gasteiger partial charge in [-0.1, -0.05) is 28.1 Å². The van der Waals surface area contributed by atoms with E-state index in [4.69, 9.17) is 17.0 Å². The summed E-state index contributed by atoms with van der Waals surface area (Å²) in [6.45, 7) is 0. The van der Waals surface area contributed by atoms with E-state index < -0.39 is 5.97 Å². The average Bonchev–Trinajstić information content (AvgIpc) is 2.44. The van der Waals surface area contributed by atoms with Crippen LogP contribution in [0.4, 0.5) is 0 Å². The lowest BCUT2D eigenvalue weighted by Crippen LogP contribution is -2.12. The minimum atomic E-state index is -0.561. The third-order valence-electron chi connectivity index (χ3n) is 2.64. The van der Waals surface area contributed by atoms with Crippen molar-refractivity contribution in [2.45, 2.75) is 0 Å². The molecule has 7 heteroatoms. The Morgan fingerprint density at radius 3 is 2.52 bits per heavy atom. The number of methoxy groups -OCH3 is 1. The first-order valence-corrected chi connectivity index (χ1v) is 7.09. The van der Waals surface area contributed by atoms with E-state index in [9.17, 15) is 9.59 Å². The molecule has 1 aromatic carbocycles. The number of carbonyl (C=O) groups excluding carboxylic acids is 1. The first-order chi connectivity index (χ1) is 9.99. The monoisotopic (exact) mass is 366 g/mol. The van der Waals surface area contributed by atoms with Crippen LogP contribution in [-0.2, 0) is 9.53 Å². The van der Waals surface area contributed by atoms with Crippen LogP contribution < -0.4 is 5.56 Å². The van der Waals surface area contributed by atoms with Crippen molar-refractivity contribution >= 4 is 45.8 Å². The first kappa shape index (κ1) is 15.4. The van der Waals surface area contributed by atoms with Gasteiger partial charge in [0.2, 0.25) is 0 Å². The Balaban J connectivity index is 2.58. The van der Waals surface area contributed by atoms with Gasteiger partial charge in [0.15, 0.2) is 4.77 Å². The molecule has 0 unspecified atom stereocenters. The largest absolute Gasteiger partial charge is 0.465 e. The van der Waals surface area contributed by atoms with E-state index in [2.05, 4.69) is 25.9 Å². The Kier molecular flexibility index (Phi) is 4.87. The standard InChI is InChI=1S/C14H11BrN2O3S/c1-20-13(19)10(6-8-2-4-9(15)5-3-8)11-7-12(18)17-14(21)16-11/h2-7H,1H3,(H2,16,17,18,21)/b10-6-. The third-order valence-corrected chi connectivity index (χ3v) is 3.37. The van der Waals surface area contributed by atoms with E-state index in [1.54, 1.807) is 6.08 Å². The fourth-order valence-corrected chi connectivity index (χ4v) is 2.17. The molecule has 0 amide bonds. The van der Waals surface area contributed by atoms with Crippen molar-refractivity contribution in [2.75, 3.05) is 7.11 Å². The molecular formula is C14H11BrN2O3S. The van der Waals surface area contributed by atoms with Gasteiger partial charge in [0.1, 0.15) is 0 Å². The van der Waals surface area contributed by atoms with Gasteiger partial charge < -0.3 is 9.72 Å². The van der Waals surface area contributed by atoms with Crippen molar-refractivity contribution in [3.05, 3.63) is 61.2 Å². The number of nitrogens with one attached hydrogen (secondary N) is 2. The van der Waals surface area contributed by atoms with Crippen LogP contribution in [0, 0.1) is 4.77 Å². The highest BCUT2D eigenvalue weighted by Gasteiger charge is 2.14. The molecule has 0 fully saturated rings. The summed E-state index contributed by atoms with van der Waals surface area (Å²) in [7, 11) is 1.28. The molecule has 108 valence electrons. The van der Waals surface area contributed by atoms with E-state index in [0.29, 0.717) is 5.69 Å². The van der Waals surface area contributed by atoms with E-state index in [1.165, 1.54) is 13.2 Å². The zero-order chi connectivity index (χ0) is 15.4. The fraction of sp³-hybridized carbons (Fsp3) is 0.0714. The quantitative estimate of drug-likeness (QED) is 0.497. The Labute approximate surface area is 133 Å². The Morgan fingerprint density at radius 1 is 1.29 bits per heavy atom. The summed E-state index contributed by atoms with van der Waals surface area (Å²) >= 11 is 8.25. The highest BCUT2D eigenvalue weighted by atomic mass is 79.9. The van der Waals surface area contributed by atoms with Crippen molar-refractivity contribution in [1.82, 2.24) is 9.97 Å². The second kappa shape index (κ2) is 6.64. The summed E-state index contributed by atoms with van der Waals surface area (Å²) in [4.78, 5) is 28.6. The maximum atomic E-state index is 11.9. The number of H-pyrrole nitrogens is 2. The van der Waals surface area contributed by atoms with Crippen LogP contribution in [0.5, 0.6) is 0 Å². The summed E-state index contributed by atoms with van der Waals surface area (Å²) in [5.74, 6) is -0.561. The van der Waals surface area contributed by atoms with Crippen LogP contribution in [0.2, 0.25) is 0 Å². The number of benzene rings is 1. The van der Waals surface area contributed by atoms with Crippen LogP contribution in [-0.4, -0.2) is 23.0 Å². The maximum absolute atomic E-state index is 11.9. The van der Waals surface area contributed by atoms with E-state index in [-0.39, 0.29) is 15.9 Å². The van der Waals surface area contributed by atoms with Crippen LogP contribution in [0.1, 0.15) is 11.3 Å². The molecule has 0 aliphatic rings. The van der Waals surface area contributed by atoms with Gasteiger partial charge in [-0.3, -0.25) is 9.78 Å². The predicted molar refractivity (Wildman–Crippen MR) is 86.3 cm³/mol. The average molecular weight is 367 g/mol. The molecule has 0 aliphatic carbocycles. The number of esters is 1. The molecule has 0 atom stereocenters. The van der Waals surface area contributed by atoms with Crippen LogP contribution in [0.15, 0.2) is 39.6 Å². The van der Waals surface area contributed by atoms with Gasteiger partial charge in [-0.05, 0) is 36.0 Å². The van der Waals surface area contributed by atoms with Crippen molar-refractivity contribution in [2.24, 2.45) is 0 Å². The van der Waals surface area contributed by atoms with Crippen LogP contribution in [0.3, 0.4) is 0 Å². The number of aromatic amines is 2. The summed E-state index contributed by atoms with van der Waals surface area (Å²) in [5.41, 5.74) is 0.924. The molecule has 1 aromatic heterocycles. The summed E-state index contributed by atoms with van der Waals surface area (Å²) in [6.07, 6.45) is 1.62. The molecule has 2 N–H and O–H groups in total. The molecular weight excluding hydrogens is 356 g/mol. The molecule has 2 aromatic rings. The topological polar surface area (TPSA) is 75.0 Å². The molecule has 2 rings (SSSR count). The molecule has 0 bridgehead atoms. The predicted octanol–water partition coefficient (Wildman–Crippen LogP) is 2.91. The number of rotatable bonds is 3. The summed E-state index contributed by atoms with van der Waals surface area (Å²) < 4.78 is 5.83. The number of ether oxygens (including phenoxy) is 1. The highest BCUT2D eigenvalue weighted by molar-refractivity contribution is 9.10. The van der Waals surface area contributed by atoms with Crippen LogP contribution in [0.25, 0.3) is 11.6 Å². The van der Waals surface area contributed by atoms with E-state index in [0.717, 1.165) is 10.0 Å². The van der Waals surface area contributed by atoms with Gasteiger partial charge >= 0.3 is 5.97 Å². The fourth-order valence-electron chi connectivity index (χ4n) is 1.70. The zero-order valence-electron chi connectivity index (χ0n) is 11.0. The minimum Gasteiger partial charge on any atom is -0.465 e. The second-order valence-corrected chi connectivity index (χ2v) is 5.43. The van der Waals surface area contributed by atoms with Crippen molar-refractivity contribution in [3.8, 4) is 0 Å². The second-order valence-electron chi connectivity index (χ2n) is 4.10. The zero-order valence-corrected chi connectivity index (χ0v) is 13.4. The summed E-state index contributed by atoms with van der Waals surface area (Å²) in [6, 6.07) is 8.61. The first-order valence-electron chi connectivity index (χ1n) is 5.89. The lowest BCUT2D eigenvalue weighted by molar-refractivity contribution is -0.133. The SMILES string of the molecule is COC(=O)/C(=C\c1ccc(Br)cc1)c1cc(=O)[nH]c(=S)[nH]1. The van der Waals surface area contributed by atoms with Gasteiger partial charge in [0.25, 0.3) is 5.56 Å². The molecule has 0 radical (unpaired) electrons. The maximum Gasteiger partial charge on any atom is 0.339 e. The lowest BCUT2D eigenvalue weighted by Gasteiger charge is -2.06. The number of hydrogen-bond donors (Lipinski definition) is 2. The van der Waals surface area contributed by atoms with Crippen LogP contribution >= 0.6 is 28.1 Å². The number of halogens is 1. The van der Waals surface area contributed by atoms with Gasteiger partial charge in [0, 0.05) is 10.5 Å². The van der Waals surface area contributed by atoms with Crippen molar-refractivity contribution in [3.63, 3.8) is 0 Å². The molecule has 1 heterocycles. The molecule has 0 saturated heterocycles. The molecule has 0 spiro atoms. The van der Waals surface area contributed by atoms with Crippen molar-refractivity contribution in [1.29, 1.82) is 0 Å². The molecule has 5 nitrogen and oxygen atoms in total. The summed E-state index contributed by atoms with van der Waals surface area (Å²) in [5, 5.41) is 0. The molecule has 21 heavy (non-hydrogen) atoms. The minimum absolute atomic E-state index is 0.142. The van der Waals surface area contributed by atoms with Gasteiger partial charge in [-0.15, -0.1) is 0 Å². The van der Waals surface area contributed by atoms with Crippen molar-refractivity contribution < 1.29 is 9.53 Å². The Bertz CT molecular complexity index is 778. The molecule has 0 aliphatic heterocycles. The number of aromatic nitrogens is 2. The van der Waals surface area contributed by atoms with Gasteiger partial charge in [0.05, 0.1) is 18.4 Å².